The highest BCUT2D eigenvalue weighted by molar-refractivity contribution is 5.73. The lowest BCUT2D eigenvalue weighted by molar-refractivity contribution is -0.118. The van der Waals surface area contributed by atoms with Gasteiger partial charge in [-0.15, -0.1) is 0 Å². The minimum atomic E-state index is -0.560. The van der Waals surface area contributed by atoms with Crippen molar-refractivity contribution < 1.29 is 4.79 Å². The third-order valence-corrected chi connectivity index (χ3v) is 5.71. The molecule has 0 aliphatic heterocycles. The number of benzene rings is 3. The summed E-state index contributed by atoms with van der Waals surface area (Å²) in [6.07, 6.45) is 4.86. The summed E-state index contributed by atoms with van der Waals surface area (Å²) in [6, 6.07) is 31.5. The molecule has 0 saturated heterocycles. The number of H-pyrrole nitrogens is 1. The number of carbonyl (C=O) groups excluding carboxylic acids is 1. The van der Waals surface area contributed by atoms with E-state index in [2.05, 4.69) is 77.8 Å². The molecule has 3 N–H and O–H groups in total. The summed E-state index contributed by atoms with van der Waals surface area (Å²) in [4.78, 5) is 19.6. The molecule has 0 fully saturated rings. The van der Waals surface area contributed by atoms with E-state index < -0.39 is 5.41 Å². The van der Waals surface area contributed by atoms with Gasteiger partial charge < -0.3 is 10.7 Å². The number of amides is 1. The SMILES string of the molecule is NC(=O)CCCCc1c[nH]c(C(c2ccccc2)(c2ccccc2)c2ccccc2)n1. The van der Waals surface area contributed by atoms with Crippen LogP contribution in [-0.2, 0) is 16.6 Å². The van der Waals surface area contributed by atoms with Gasteiger partial charge in [-0.25, -0.2) is 4.98 Å². The molecule has 1 amide bonds. The summed E-state index contributed by atoms with van der Waals surface area (Å²) >= 11 is 0. The third kappa shape index (κ3) is 4.29. The molecular formula is C27H27N3O. The van der Waals surface area contributed by atoms with Crippen LogP contribution in [0.5, 0.6) is 0 Å². The van der Waals surface area contributed by atoms with E-state index in [4.69, 9.17) is 10.7 Å². The molecule has 0 atom stereocenters. The number of primary amides is 1. The van der Waals surface area contributed by atoms with Crippen LogP contribution in [0.1, 0.15) is 47.5 Å². The average Bonchev–Trinajstić information content (AvgIpc) is 3.28. The van der Waals surface area contributed by atoms with Crippen molar-refractivity contribution in [1.82, 2.24) is 9.97 Å². The standard InChI is InChI=1S/C27H27N3O/c28-25(31)19-11-10-18-24-20-29-26(30-24)27(21-12-4-1-5-13-21,22-14-6-2-7-15-22)23-16-8-3-9-17-23/h1-9,12-17,20H,10-11,18-19H2,(H2,28,31)(H,29,30). The number of aromatic nitrogens is 2. The fourth-order valence-electron chi connectivity index (χ4n) is 4.26. The largest absolute Gasteiger partial charge is 0.370 e. The molecule has 3 aromatic carbocycles. The maximum atomic E-state index is 11.0. The van der Waals surface area contributed by atoms with Gasteiger partial charge in [0.25, 0.3) is 0 Å². The Balaban J connectivity index is 1.83. The molecule has 0 spiro atoms. The summed E-state index contributed by atoms with van der Waals surface area (Å²) in [5, 5.41) is 0. The van der Waals surface area contributed by atoms with E-state index >= 15 is 0 Å². The summed E-state index contributed by atoms with van der Waals surface area (Å²) in [5.74, 6) is 0.639. The Kier molecular flexibility index (Phi) is 6.27. The van der Waals surface area contributed by atoms with Crippen LogP contribution in [0.25, 0.3) is 0 Å². The van der Waals surface area contributed by atoms with Gasteiger partial charge in [0.1, 0.15) is 11.2 Å². The average molecular weight is 410 g/mol. The number of nitrogens with two attached hydrogens (primary N) is 1. The van der Waals surface area contributed by atoms with Crippen LogP contribution in [0, 0.1) is 0 Å². The number of imidazole rings is 1. The third-order valence-electron chi connectivity index (χ3n) is 5.71. The van der Waals surface area contributed by atoms with E-state index in [1.807, 2.05) is 24.4 Å². The van der Waals surface area contributed by atoms with Crippen molar-refractivity contribution in [2.24, 2.45) is 5.73 Å². The molecule has 4 heteroatoms. The molecule has 0 saturated carbocycles. The Hall–Kier alpha value is -3.66. The van der Waals surface area contributed by atoms with Crippen LogP contribution in [-0.4, -0.2) is 15.9 Å². The lowest BCUT2D eigenvalue weighted by atomic mass is 9.69. The predicted octanol–water partition coefficient (Wildman–Crippen LogP) is 4.99. The van der Waals surface area contributed by atoms with Crippen molar-refractivity contribution in [3.05, 3.63) is 125 Å². The van der Waals surface area contributed by atoms with Crippen LogP contribution >= 0.6 is 0 Å². The predicted molar refractivity (Wildman–Crippen MR) is 124 cm³/mol. The minimum absolute atomic E-state index is 0.251. The van der Waals surface area contributed by atoms with Gasteiger partial charge in [-0.2, -0.15) is 0 Å². The first-order chi connectivity index (χ1) is 15.2. The summed E-state index contributed by atoms with van der Waals surface area (Å²) in [5.41, 5.74) is 9.16. The minimum Gasteiger partial charge on any atom is -0.370 e. The maximum Gasteiger partial charge on any atom is 0.217 e. The van der Waals surface area contributed by atoms with Crippen molar-refractivity contribution in [3.63, 3.8) is 0 Å². The highest BCUT2D eigenvalue weighted by Gasteiger charge is 2.40. The quantitative estimate of drug-likeness (QED) is 0.302. The van der Waals surface area contributed by atoms with Gasteiger partial charge in [-0.05, 0) is 36.0 Å². The first-order valence-corrected chi connectivity index (χ1v) is 10.7. The first kappa shape index (κ1) is 20.6. The van der Waals surface area contributed by atoms with Crippen LogP contribution in [0.2, 0.25) is 0 Å². The molecule has 156 valence electrons. The summed E-state index contributed by atoms with van der Waals surface area (Å²) in [7, 11) is 0. The van der Waals surface area contributed by atoms with E-state index in [0.29, 0.717) is 6.42 Å². The van der Waals surface area contributed by atoms with Gasteiger partial charge >= 0.3 is 0 Å². The molecule has 1 aromatic heterocycles. The zero-order valence-electron chi connectivity index (χ0n) is 17.5. The summed E-state index contributed by atoms with van der Waals surface area (Å²) < 4.78 is 0. The van der Waals surface area contributed by atoms with Gasteiger partial charge in [-0.1, -0.05) is 91.0 Å². The van der Waals surface area contributed by atoms with Gasteiger partial charge in [0.15, 0.2) is 0 Å². The number of rotatable bonds is 9. The van der Waals surface area contributed by atoms with Gasteiger partial charge in [0, 0.05) is 12.6 Å². The second kappa shape index (κ2) is 9.43. The summed E-state index contributed by atoms with van der Waals surface area (Å²) in [6.45, 7) is 0. The highest BCUT2D eigenvalue weighted by atomic mass is 16.1. The number of nitrogens with one attached hydrogen (secondary N) is 1. The molecule has 4 rings (SSSR count). The second-order valence-electron chi connectivity index (χ2n) is 7.76. The van der Waals surface area contributed by atoms with Gasteiger partial charge in [0.05, 0.1) is 5.69 Å². The van der Waals surface area contributed by atoms with Crippen LogP contribution in [0.3, 0.4) is 0 Å². The molecule has 0 radical (unpaired) electrons. The van der Waals surface area contributed by atoms with E-state index in [9.17, 15) is 4.79 Å². The molecule has 31 heavy (non-hydrogen) atoms. The normalized spacial score (nSPS) is 11.4. The Labute approximate surface area is 183 Å². The van der Waals surface area contributed by atoms with Gasteiger partial charge in [-0.3, -0.25) is 4.79 Å². The zero-order valence-corrected chi connectivity index (χ0v) is 17.5. The zero-order chi connectivity index (χ0) is 21.5. The smallest absolute Gasteiger partial charge is 0.217 e. The van der Waals surface area contributed by atoms with Gasteiger partial charge in [0.2, 0.25) is 5.91 Å². The fourth-order valence-corrected chi connectivity index (χ4v) is 4.26. The number of nitrogens with zero attached hydrogens (tertiary/aromatic N) is 1. The Bertz CT molecular complexity index is 1010. The Morgan fingerprint density at radius 2 is 1.26 bits per heavy atom. The topological polar surface area (TPSA) is 71.8 Å². The molecule has 4 aromatic rings. The second-order valence-corrected chi connectivity index (χ2v) is 7.76. The number of hydrogen-bond acceptors (Lipinski definition) is 2. The molecule has 4 nitrogen and oxygen atoms in total. The fraction of sp³-hybridized carbons (Fsp3) is 0.185. The monoisotopic (exact) mass is 409 g/mol. The lowest BCUT2D eigenvalue weighted by Gasteiger charge is -2.34. The molecule has 0 aliphatic rings. The van der Waals surface area contributed by atoms with Crippen molar-refractivity contribution in [3.8, 4) is 0 Å². The molecule has 0 bridgehead atoms. The maximum absolute atomic E-state index is 11.0. The number of aryl methyl sites for hydroxylation is 1. The number of aromatic amines is 1. The van der Waals surface area contributed by atoms with E-state index in [-0.39, 0.29) is 5.91 Å². The highest BCUT2D eigenvalue weighted by Crippen LogP contribution is 2.43. The number of unbranched alkanes of at least 4 members (excludes halogenated alkanes) is 1. The molecule has 1 heterocycles. The number of hydrogen-bond donors (Lipinski definition) is 2. The van der Waals surface area contributed by atoms with E-state index in [1.54, 1.807) is 0 Å². The van der Waals surface area contributed by atoms with Crippen LogP contribution in [0.15, 0.2) is 97.2 Å². The Morgan fingerprint density at radius 3 is 1.71 bits per heavy atom. The van der Waals surface area contributed by atoms with Crippen molar-refractivity contribution in [1.29, 1.82) is 0 Å². The first-order valence-electron chi connectivity index (χ1n) is 10.7. The van der Waals surface area contributed by atoms with Crippen molar-refractivity contribution in [2.45, 2.75) is 31.1 Å². The van der Waals surface area contributed by atoms with Crippen molar-refractivity contribution in [2.75, 3.05) is 0 Å². The lowest BCUT2D eigenvalue weighted by Crippen LogP contribution is -2.32. The van der Waals surface area contributed by atoms with Crippen molar-refractivity contribution >= 4 is 5.91 Å². The van der Waals surface area contributed by atoms with E-state index in [1.165, 1.54) is 0 Å². The van der Waals surface area contributed by atoms with E-state index in [0.717, 1.165) is 47.5 Å². The molecular weight excluding hydrogens is 382 g/mol. The number of carbonyl (C=O) groups is 1. The molecule has 0 unspecified atom stereocenters. The Morgan fingerprint density at radius 1 is 0.774 bits per heavy atom. The van der Waals surface area contributed by atoms with Crippen LogP contribution < -0.4 is 5.73 Å². The van der Waals surface area contributed by atoms with Crippen LogP contribution in [0.4, 0.5) is 0 Å². The molecule has 0 aliphatic carbocycles.